The van der Waals surface area contributed by atoms with E-state index in [-0.39, 0.29) is 19.0 Å². The average Bonchev–Trinajstić information content (AvgIpc) is 2.46. The number of rotatable bonds is 9. The van der Waals surface area contributed by atoms with Crippen molar-refractivity contribution in [3.8, 4) is 5.75 Å². The molecule has 8 heteroatoms. The molecule has 1 N–H and O–H groups in total. The highest BCUT2D eigenvalue weighted by Crippen LogP contribution is 2.57. The number of aliphatic hydroxyl groups excluding tert-OH is 1. The molecule has 196 valence electrons. The number of carbonyl (C=O) groups excluding carboxylic acids is 1. The zero-order valence-corrected chi connectivity index (χ0v) is 24.0. The van der Waals surface area contributed by atoms with Crippen LogP contribution in [-0.2, 0) is 35.0 Å². The first-order valence-electron chi connectivity index (χ1n) is 11.7. The van der Waals surface area contributed by atoms with E-state index in [2.05, 4.69) is 0 Å². The molecule has 0 aliphatic rings. The molecule has 0 bridgehead atoms. The molecule has 1 rings (SSSR count). The van der Waals surface area contributed by atoms with Crippen LogP contribution < -0.4 is 4.52 Å². The molecule has 0 amide bonds. The Morgan fingerprint density at radius 2 is 1.38 bits per heavy atom. The average molecular weight is 501 g/mol. The molecule has 7 nitrogen and oxygen atoms in total. The lowest BCUT2D eigenvalue weighted by Crippen LogP contribution is -2.28. The maximum absolute atomic E-state index is 13.9. The first-order valence-corrected chi connectivity index (χ1v) is 13.2. The molecule has 34 heavy (non-hydrogen) atoms. The summed E-state index contributed by atoms with van der Waals surface area (Å²) in [7, 11) is -4.09. The fourth-order valence-electron chi connectivity index (χ4n) is 3.59. The summed E-state index contributed by atoms with van der Waals surface area (Å²) in [6.07, 6.45) is 0.405. The van der Waals surface area contributed by atoms with Crippen LogP contribution >= 0.6 is 7.82 Å². The van der Waals surface area contributed by atoms with Gasteiger partial charge in [-0.05, 0) is 98.3 Å². The van der Waals surface area contributed by atoms with Crippen LogP contribution in [0.4, 0.5) is 0 Å². The van der Waals surface area contributed by atoms with Crippen molar-refractivity contribution >= 4 is 13.8 Å². The monoisotopic (exact) mass is 500 g/mol. The summed E-state index contributed by atoms with van der Waals surface area (Å²) in [5.74, 6) is -0.0843. The number of hydrogen-bond donors (Lipinski definition) is 1. The fraction of sp³-hybridized carbons (Fsp3) is 0.731. The summed E-state index contributed by atoms with van der Waals surface area (Å²) in [6, 6.07) is 3.66. The van der Waals surface area contributed by atoms with Crippen molar-refractivity contribution in [2.24, 2.45) is 0 Å². The van der Waals surface area contributed by atoms with Crippen molar-refractivity contribution in [1.29, 1.82) is 0 Å². The molecule has 0 aliphatic heterocycles. The summed E-state index contributed by atoms with van der Waals surface area (Å²) in [6.45, 7) is 21.8. The van der Waals surface area contributed by atoms with Gasteiger partial charge in [-0.1, -0.05) is 19.9 Å². The third kappa shape index (κ3) is 10.5. The van der Waals surface area contributed by atoms with Crippen LogP contribution in [0.3, 0.4) is 0 Å². The number of phosphoric ester groups is 1. The topological polar surface area (TPSA) is 91.3 Å². The van der Waals surface area contributed by atoms with Gasteiger partial charge in [0.25, 0.3) is 0 Å². The van der Waals surface area contributed by atoms with E-state index >= 15 is 0 Å². The van der Waals surface area contributed by atoms with Crippen LogP contribution in [-0.4, -0.2) is 34.5 Å². The summed E-state index contributed by atoms with van der Waals surface area (Å²) < 4.78 is 37.2. The number of aliphatic hydroxyl groups is 1. The number of phosphoric acid groups is 1. The lowest BCUT2D eigenvalue weighted by molar-refractivity contribution is -0.153. The zero-order chi connectivity index (χ0) is 26.8. The maximum atomic E-state index is 13.9. The van der Waals surface area contributed by atoms with Crippen LogP contribution in [0.2, 0.25) is 0 Å². The van der Waals surface area contributed by atoms with Gasteiger partial charge in [0, 0.05) is 12.2 Å². The Labute approximate surface area is 206 Å². The Morgan fingerprint density at radius 1 is 0.882 bits per heavy atom. The Morgan fingerprint density at radius 3 is 1.79 bits per heavy atom. The molecule has 0 radical (unpaired) electrons. The van der Waals surface area contributed by atoms with Crippen molar-refractivity contribution in [2.75, 3.05) is 6.61 Å². The van der Waals surface area contributed by atoms with E-state index in [1.807, 2.05) is 47.6 Å². The van der Waals surface area contributed by atoms with Gasteiger partial charge in [-0.3, -0.25) is 13.8 Å². The molecule has 0 spiro atoms. The molecule has 1 aromatic carbocycles. The van der Waals surface area contributed by atoms with E-state index in [9.17, 15) is 14.5 Å². The summed E-state index contributed by atoms with van der Waals surface area (Å²) in [5.41, 5.74) is -0.680. The third-order valence-electron chi connectivity index (χ3n) is 4.48. The van der Waals surface area contributed by atoms with E-state index in [1.165, 1.54) is 0 Å². The lowest BCUT2D eigenvalue weighted by Gasteiger charge is -2.34. The van der Waals surface area contributed by atoms with Gasteiger partial charge in [0.1, 0.15) is 11.4 Å². The normalized spacial score (nSPS) is 13.7. The van der Waals surface area contributed by atoms with Gasteiger partial charge in [-0.15, -0.1) is 0 Å². The molecule has 0 atom stereocenters. The largest absolute Gasteiger partial charge is 0.531 e. The predicted molar refractivity (Wildman–Crippen MR) is 135 cm³/mol. The molecule has 0 unspecified atom stereocenters. The molecular formula is C26H45O7P. The molecule has 0 aromatic heterocycles. The second-order valence-corrected chi connectivity index (χ2v) is 13.8. The van der Waals surface area contributed by atoms with Gasteiger partial charge < -0.3 is 14.4 Å². The van der Waals surface area contributed by atoms with Crippen LogP contribution in [0.1, 0.15) is 99.3 Å². The van der Waals surface area contributed by atoms with Gasteiger partial charge in [0.2, 0.25) is 0 Å². The van der Waals surface area contributed by atoms with Crippen LogP contribution in [0, 0.1) is 6.92 Å². The lowest BCUT2D eigenvalue weighted by atomic mass is 9.77. The Hall–Kier alpha value is -1.40. The van der Waals surface area contributed by atoms with E-state index in [1.54, 1.807) is 47.6 Å². The number of hydrogen-bond acceptors (Lipinski definition) is 7. The van der Waals surface area contributed by atoms with Crippen molar-refractivity contribution in [3.05, 3.63) is 28.8 Å². The number of benzene rings is 1. The van der Waals surface area contributed by atoms with Crippen molar-refractivity contribution in [3.63, 3.8) is 0 Å². The zero-order valence-electron chi connectivity index (χ0n) is 23.1. The first kappa shape index (κ1) is 30.6. The number of carbonyl (C=O) groups is 1. The molecule has 0 saturated carbocycles. The molecule has 1 aromatic rings. The number of ether oxygens (including phenoxy) is 1. The standard InChI is InChI=1S/C26H45O7P/c1-18-15-19(17-21(28)30-23(2,3)4)22(26(11,12)13-14-27)20(16-18)31-34(29,32-24(5,6)7)33-25(8,9)10/h15-16,27H,13-14,17H2,1-12H3. The van der Waals surface area contributed by atoms with Crippen LogP contribution in [0.5, 0.6) is 5.75 Å². The van der Waals surface area contributed by atoms with E-state index in [0.29, 0.717) is 23.3 Å². The minimum absolute atomic E-state index is 0.00403. The van der Waals surface area contributed by atoms with Gasteiger partial charge in [0.05, 0.1) is 17.6 Å². The van der Waals surface area contributed by atoms with Crippen LogP contribution in [0.15, 0.2) is 12.1 Å². The first-order chi connectivity index (χ1) is 15.1. The molecule has 0 saturated heterocycles. The Kier molecular flexibility index (Phi) is 9.63. The Bertz CT molecular complexity index is 879. The predicted octanol–water partition coefficient (Wildman–Crippen LogP) is 6.66. The smallest absolute Gasteiger partial charge is 0.460 e. The second kappa shape index (κ2) is 10.7. The summed E-state index contributed by atoms with van der Waals surface area (Å²) >= 11 is 0. The summed E-state index contributed by atoms with van der Waals surface area (Å²) in [5, 5.41) is 9.74. The SMILES string of the molecule is Cc1cc(CC(=O)OC(C)(C)C)c(C(C)(C)CCO)c(OP(=O)(OC(C)(C)C)OC(C)(C)C)c1. The molecule has 0 fully saturated rings. The highest BCUT2D eigenvalue weighted by molar-refractivity contribution is 7.49. The fourth-order valence-corrected chi connectivity index (χ4v) is 5.43. The highest BCUT2D eigenvalue weighted by Gasteiger charge is 2.41. The number of esters is 1. The van der Waals surface area contributed by atoms with Crippen molar-refractivity contribution in [2.45, 2.75) is 118 Å². The Balaban J connectivity index is 3.69. The van der Waals surface area contributed by atoms with Gasteiger partial charge in [-0.25, -0.2) is 4.57 Å². The van der Waals surface area contributed by atoms with Gasteiger partial charge in [-0.2, -0.15) is 0 Å². The molecular weight excluding hydrogens is 455 g/mol. The van der Waals surface area contributed by atoms with E-state index in [4.69, 9.17) is 18.3 Å². The van der Waals surface area contributed by atoms with Crippen molar-refractivity contribution in [1.82, 2.24) is 0 Å². The van der Waals surface area contributed by atoms with Gasteiger partial charge >= 0.3 is 13.8 Å². The van der Waals surface area contributed by atoms with E-state index < -0.39 is 30.0 Å². The molecule has 0 aliphatic carbocycles. The maximum Gasteiger partial charge on any atom is 0.531 e. The highest BCUT2D eigenvalue weighted by atomic mass is 31.2. The quantitative estimate of drug-likeness (QED) is 0.299. The number of aryl methyl sites for hydroxylation is 1. The van der Waals surface area contributed by atoms with E-state index in [0.717, 1.165) is 5.56 Å². The van der Waals surface area contributed by atoms with Gasteiger partial charge in [0.15, 0.2) is 0 Å². The molecule has 0 heterocycles. The minimum Gasteiger partial charge on any atom is -0.460 e. The second-order valence-electron chi connectivity index (χ2n) is 12.4. The minimum atomic E-state index is -4.09. The van der Waals surface area contributed by atoms with Crippen molar-refractivity contribution < 1.29 is 32.8 Å². The van der Waals surface area contributed by atoms with Crippen LogP contribution in [0.25, 0.3) is 0 Å². The summed E-state index contributed by atoms with van der Waals surface area (Å²) in [4.78, 5) is 12.7. The third-order valence-corrected chi connectivity index (χ3v) is 6.44.